The summed E-state index contributed by atoms with van der Waals surface area (Å²) >= 11 is 11.7. The highest BCUT2D eigenvalue weighted by Crippen LogP contribution is 2.35. The Kier molecular flexibility index (Phi) is 4.11. The Balaban J connectivity index is 2.13. The van der Waals surface area contributed by atoms with Crippen LogP contribution in [0.15, 0.2) is 30.3 Å². The fraction of sp³-hybridized carbons (Fsp3) is 0.0667. The van der Waals surface area contributed by atoms with Crippen molar-refractivity contribution in [3.05, 3.63) is 46.5 Å². The Bertz CT molecular complexity index is 906. The van der Waals surface area contributed by atoms with Crippen LogP contribution in [0, 0.1) is 5.82 Å². The zero-order valence-corrected chi connectivity index (χ0v) is 13.3. The number of benzene rings is 2. The van der Waals surface area contributed by atoms with Crippen molar-refractivity contribution in [1.82, 2.24) is 9.97 Å². The third kappa shape index (κ3) is 3.09. The Hall–Kier alpha value is -2.31. The molecule has 3 rings (SSSR count). The van der Waals surface area contributed by atoms with Crippen LogP contribution < -0.4 is 10.1 Å². The van der Waals surface area contributed by atoms with E-state index >= 15 is 0 Å². The van der Waals surface area contributed by atoms with E-state index < -0.39 is 5.82 Å². The summed E-state index contributed by atoms with van der Waals surface area (Å²) in [6.07, 6.45) is 0. The van der Waals surface area contributed by atoms with Gasteiger partial charge in [0, 0.05) is 17.1 Å². The minimum Gasteiger partial charge on any atom is -0.504 e. The number of phenols is 1. The smallest absolute Gasteiger partial charge is 0.224 e. The number of anilines is 2. The van der Waals surface area contributed by atoms with Crippen LogP contribution in [0.1, 0.15) is 0 Å². The molecule has 0 spiro atoms. The molecule has 0 saturated heterocycles. The van der Waals surface area contributed by atoms with Gasteiger partial charge in [-0.25, -0.2) is 9.37 Å². The molecule has 2 N–H and O–H groups in total. The van der Waals surface area contributed by atoms with Gasteiger partial charge < -0.3 is 15.2 Å². The topological polar surface area (TPSA) is 67.3 Å². The summed E-state index contributed by atoms with van der Waals surface area (Å²) in [5.74, 6) is 0.0597. The molecule has 0 saturated carbocycles. The zero-order valence-electron chi connectivity index (χ0n) is 11.8. The molecule has 0 atom stereocenters. The third-order valence-electron chi connectivity index (χ3n) is 3.15. The molecule has 3 aromatic rings. The summed E-state index contributed by atoms with van der Waals surface area (Å²) in [5.41, 5.74) is 0.957. The minimum absolute atomic E-state index is 0.00206. The molecule has 2 aromatic carbocycles. The monoisotopic (exact) mass is 353 g/mol. The number of halogens is 3. The maximum absolute atomic E-state index is 13.2. The van der Waals surface area contributed by atoms with E-state index in [-0.39, 0.29) is 21.8 Å². The standard InChI is InChI=1S/C15H10Cl2FN3O2/c1-23-13-5-8-11(6-12(13)22)20-15(17)21-14(8)19-7-2-3-10(18)9(16)4-7/h2-6,22H,1H3,(H,19,20,21). The Labute approximate surface area is 140 Å². The summed E-state index contributed by atoms with van der Waals surface area (Å²) in [4.78, 5) is 8.18. The number of hydrogen-bond acceptors (Lipinski definition) is 5. The molecule has 0 amide bonds. The van der Waals surface area contributed by atoms with Gasteiger partial charge in [-0.3, -0.25) is 0 Å². The van der Waals surface area contributed by atoms with E-state index in [0.717, 1.165) is 0 Å². The highest BCUT2D eigenvalue weighted by molar-refractivity contribution is 6.31. The third-order valence-corrected chi connectivity index (χ3v) is 3.61. The summed E-state index contributed by atoms with van der Waals surface area (Å²) in [7, 11) is 1.44. The highest BCUT2D eigenvalue weighted by atomic mass is 35.5. The normalized spacial score (nSPS) is 10.8. The number of hydrogen-bond donors (Lipinski definition) is 2. The molecule has 5 nitrogen and oxygen atoms in total. The molecule has 1 aromatic heterocycles. The van der Waals surface area contributed by atoms with Gasteiger partial charge >= 0.3 is 0 Å². The minimum atomic E-state index is -0.519. The number of ether oxygens (including phenoxy) is 1. The van der Waals surface area contributed by atoms with Crippen molar-refractivity contribution < 1.29 is 14.2 Å². The number of aromatic hydroxyl groups is 1. The molecule has 0 unspecified atom stereocenters. The van der Waals surface area contributed by atoms with Crippen molar-refractivity contribution in [3.63, 3.8) is 0 Å². The molecule has 0 aliphatic carbocycles. The van der Waals surface area contributed by atoms with Gasteiger partial charge in [-0.15, -0.1) is 0 Å². The lowest BCUT2D eigenvalue weighted by atomic mass is 10.2. The lowest BCUT2D eigenvalue weighted by Crippen LogP contribution is -1.98. The second kappa shape index (κ2) is 6.06. The molecule has 0 fully saturated rings. The number of phenolic OH excluding ortho intramolecular Hbond substituents is 1. The van der Waals surface area contributed by atoms with E-state index in [1.807, 2.05) is 0 Å². The molecular formula is C15H10Cl2FN3O2. The van der Waals surface area contributed by atoms with Crippen molar-refractivity contribution in [2.24, 2.45) is 0 Å². The average Bonchev–Trinajstić information content (AvgIpc) is 2.50. The van der Waals surface area contributed by atoms with Crippen LogP contribution in [0.5, 0.6) is 11.5 Å². The molecular weight excluding hydrogens is 344 g/mol. The predicted octanol–water partition coefficient (Wildman–Crippen LogP) is 4.53. The first kappa shape index (κ1) is 15.6. The summed E-state index contributed by atoms with van der Waals surface area (Å²) in [5, 5.41) is 13.4. The van der Waals surface area contributed by atoms with Gasteiger partial charge in [0.2, 0.25) is 5.28 Å². The molecule has 0 aliphatic heterocycles. The number of nitrogens with one attached hydrogen (secondary N) is 1. The highest BCUT2D eigenvalue weighted by Gasteiger charge is 2.12. The molecule has 23 heavy (non-hydrogen) atoms. The van der Waals surface area contributed by atoms with Gasteiger partial charge in [-0.1, -0.05) is 11.6 Å². The van der Waals surface area contributed by atoms with Crippen LogP contribution in [0.4, 0.5) is 15.9 Å². The van der Waals surface area contributed by atoms with Crippen LogP contribution in [-0.4, -0.2) is 22.2 Å². The Morgan fingerprint density at radius 3 is 2.65 bits per heavy atom. The summed E-state index contributed by atoms with van der Waals surface area (Å²) < 4.78 is 18.3. The van der Waals surface area contributed by atoms with Crippen molar-refractivity contribution in [2.75, 3.05) is 12.4 Å². The van der Waals surface area contributed by atoms with E-state index in [1.165, 1.54) is 31.4 Å². The van der Waals surface area contributed by atoms with Crippen molar-refractivity contribution in [3.8, 4) is 11.5 Å². The first-order chi connectivity index (χ1) is 11.0. The second-order valence-corrected chi connectivity index (χ2v) is 5.38. The van der Waals surface area contributed by atoms with Crippen LogP contribution >= 0.6 is 23.2 Å². The number of rotatable bonds is 3. The van der Waals surface area contributed by atoms with Crippen LogP contribution in [-0.2, 0) is 0 Å². The Morgan fingerprint density at radius 1 is 1.17 bits per heavy atom. The first-order valence-corrected chi connectivity index (χ1v) is 7.20. The number of nitrogens with zero attached hydrogens (tertiary/aromatic N) is 2. The van der Waals surface area contributed by atoms with Gasteiger partial charge in [-0.05, 0) is 35.9 Å². The van der Waals surface area contributed by atoms with E-state index in [0.29, 0.717) is 22.4 Å². The van der Waals surface area contributed by atoms with Crippen LogP contribution in [0.2, 0.25) is 10.3 Å². The molecule has 0 radical (unpaired) electrons. The van der Waals surface area contributed by atoms with E-state index in [4.69, 9.17) is 27.9 Å². The van der Waals surface area contributed by atoms with Gasteiger partial charge in [0.05, 0.1) is 17.6 Å². The quantitative estimate of drug-likeness (QED) is 0.677. The Morgan fingerprint density at radius 2 is 1.96 bits per heavy atom. The zero-order chi connectivity index (χ0) is 16.6. The maximum Gasteiger partial charge on any atom is 0.224 e. The second-order valence-electron chi connectivity index (χ2n) is 4.64. The summed E-state index contributed by atoms with van der Waals surface area (Å²) in [6, 6.07) is 7.18. The van der Waals surface area contributed by atoms with Crippen LogP contribution in [0.3, 0.4) is 0 Å². The number of methoxy groups -OCH3 is 1. The van der Waals surface area contributed by atoms with E-state index in [1.54, 1.807) is 6.07 Å². The van der Waals surface area contributed by atoms with E-state index in [9.17, 15) is 9.50 Å². The lowest BCUT2D eigenvalue weighted by Gasteiger charge is -2.11. The van der Waals surface area contributed by atoms with Crippen molar-refractivity contribution >= 4 is 45.6 Å². The maximum atomic E-state index is 13.2. The fourth-order valence-corrected chi connectivity index (χ4v) is 2.44. The van der Waals surface area contributed by atoms with Gasteiger partial charge in [0.25, 0.3) is 0 Å². The summed E-state index contributed by atoms with van der Waals surface area (Å²) in [6.45, 7) is 0. The molecule has 0 bridgehead atoms. The average molecular weight is 354 g/mol. The molecule has 118 valence electrons. The van der Waals surface area contributed by atoms with Crippen molar-refractivity contribution in [1.29, 1.82) is 0 Å². The lowest BCUT2D eigenvalue weighted by molar-refractivity contribution is 0.374. The van der Waals surface area contributed by atoms with Crippen LogP contribution in [0.25, 0.3) is 10.9 Å². The SMILES string of the molecule is COc1cc2c(Nc3ccc(F)c(Cl)c3)nc(Cl)nc2cc1O. The van der Waals surface area contributed by atoms with Gasteiger partial charge in [0.15, 0.2) is 11.5 Å². The predicted molar refractivity (Wildman–Crippen MR) is 87.5 cm³/mol. The molecule has 8 heteroatoms. The van der Waals surface area contributed by atoms with E-state index in [2.05, 4.69) is 15.3 Å². The number of aromatic nitrogens is 2. The first-order valence-electron chi connectivity index (χ1n) is 6.44. The number of fused-ring (bicyclic) bond motifs is 1. The fourth-order valence-electron chi connectivity index (χ4n) is 2.09. The van der Waals surface area contributed by atoms with Gasteiger partial charge in [0.1, 0.15) is 11.6 Å². The van der Waals surface area contributed by atoms with Gasteiger partial charge in [-0.2, -0.15) is 4.98 Å². The molecule has 1 heterocycles. The molecule has 0 aliphatic rings. The largest absolute Gasteiger partial charge is 0.504 e. The van der Waals surface area contributed by atoms with Crippen molar-refractivity contribution in [2.45, 2.75) is 0 Å².